The summed E-state index contributed by atoms with van der Waals surface area (Å²) in [5.74, 6) is -0.0334. The van der Waals surface area contributed by atoms with Crippen LogP contribution in [0.25, 0.3) is 0 Å². The van der Waals surface area contributed by atoms with Crippen LogP contribution in [0.5, 0.6) is 0 Å². The van der Waals surface area contributed by atoms with Crippen molar-refractivity contribution in [1.29, 1.82) is 0 Å². The highest BCUT2D eigenvalue weighted by molar-refractivity contribution is 7.85. The predicted molar refractivity (Wildman–Crippen MR) is 70.0 cm³/mol. The third-order valence-electron chi connectivity index (χ3n) is 2.46. The maximum Gasteiger partial charge on any atom is 0.126 e. The third kappa shape index (κ3) is 3.37. The molecule has 1 aromatic heterocycles. The highest BCUT2D eigenvalue weighted by atomic mass is 32.2. The number of hydrogen-bond acceptors (Lipinski definition) is 3. The lowest BCUT2D eigenvalue weighted by Crippen LogP contribution is -2.03. The summed E-state index contributed by atoms with van der Waals surface area (Å²) in [6.07, 6.45) is 4.06. The summed E-state index contributed by atoms with van der Waals surface area (Å²) in [5, 5.41) is 0. The Morgan fingerprint density at radius 3 is 2.83 bits per heavy atom. The third-order valence-corrected chi connectivity index (χ3v) is 3.79. The van der Waals surface area contributed by atoms with Crippen LogP contribution in [0.2, 0.25) is 0 Å². The molecule has 1 heterocycles. The second kappa shape index (κ2) is 5.73. The van der Waals surface area contributed by atoms with Crippen molar-refractivity contribution >= 4 is 16.5 Å². The van der Waals surface area contributed by atoms with Crippen LogP contribution in [0.1, 0.15) is 5.56 Å². The van der Waals surface area contributed by atoms with Crippen LogP contribution in [0.15, 0.2) is 47.6 Å². The van der Waals surface area contributed by atoms with Gasteiger partial charge in [-0.05, 0) is 36.2 Å². The molecule has 94 valence electrons. The first-order chi connectivity index (χ1) is 8.65. The zero-order chi connectivity index (χ0) is 13.0. The van der Waals surface area contributed by atoms with E-state index in [0.717, 1.165) is 5.56 Å². The Morgan fingerprint density at radius 2 is 2.17 bits per heavy atom. The molecule has 1 unspecified atom stereocenters. The van der Waals surface area contributed by atoms with Gasteiger partial charge in [0, 0.05) is 28.7 Å². The van der Waals surface area contributed by atoms with Gasteiger partial charge < -0.3 is 5.73 Å². The van der Waals surface area contributed by atoms with Crippen LogP contribution in [0, 0.1) is 5.82 Å². The number of halogens is 1. The number of aromatic nitrogens is 1. The number of anilines is 1. The lowest BCUT2D eigenvalue weighted by atomic mass is 10.2. The van der Waals surface area contributed by atoms with Crippen molar-refractivity contribution in [1.82, 2.24) is 4.98 Å². The van der Waals surface area contributed by atoms with Crippen LogP contribution >= 0.6 is 0 Å². The van der Waals surface area contributed by atoms with E-state index >= 15 is 0 Å². The molecule has 0 aliphatic carbocycles. The minimum atomic E-state index is -1.25. The fourth-order valence-corrected chi connectivity index (χ4v) is 2.76. The SMILES string of the molecule is Nc1cc(F)cc(S(=O)CCc2cccnc2)c1. The first-order valence-corrected chi connectivity index (χ1v) is 6.80. The number of nitrogen functional groups attached to an aromatic ring is 1. The van der Waals surface area contributed by atoms with Gasteiger partial charge in [-0.3, -0.25) is 9.19 Å². The van der Waals surface area contributed by atoms with Crippen molar-refractivity contribution < 1.29 is 8.60 Å². The van der Waals surface area contributed by atoms with Crippen molar-refractivity contribution in [3.05, 3.63) is 54.1 Å². The summed E-state index contributed by atoms with van der Waals surface area (Å²) in [6.45, 7) is 0. The van der Waals surface area contributed by atoms with Gasteiger partial charge in [-0.15, -0.1) is 0 Å². The minimum absolute atomic E-state index is 0.291. The summed E-state index contributed by atoms with van der Waals surface area (Å²) in [6, 6.07) is 7.77. The first-order valence-electron chi connectivity index (χ1n) is 5.48. The molecule has 0 aliphatic heterocycles. The molecule has 2 rings (SSSR count). The Bertz CT molecular complexity index is 540. The standard InChI is InChI=1S/C13H13FN2OS/c14-11-6-12(15)8-13(7-11)18(17)5-3-10-2-1-4-16-9-10/h1-2,4,6-9H,3,5,15H2. The molecule has 0 bridgehead atoms. The lowest BCUT2D eigenvalue weighted by Gasteiger charge is -2.04. The predicted octanol–water partition coefficient (Wildman–Crippen LogP) is 2.15. The first kappa shape index (κ1) is 12.7. The molecule has 0 radical (unpaired) electrons. The maximum absolute atomic E-state index is 13.1. The van der Waals surface area contributed by atoms with Gasteiger partial charge in [-0.2, -0.15) is 0 Å². The zero-order valence-electron chi connectivity index (χ0n) is 9.67. The van der Waals surface area contributed by atoms with Gasteiger partial charge in [0.1, 0.15) is 5.82 Å². The summed E-state index contributed by atoms with van der Waals surface area (Å²) in [4.78, 5) is 4.41. The van der Waals surface area contributed by atoms with E-state index in [9.17, 15) is 8.60 Å². The molecule has 2 aromatic rings. The van der Waals surface area contributed by atoms with Crippen LogP contribution in [0.3, 0.4) is 0 Å². The fraction of sp³-hybridized carbons (Fsp3) is 0.154. The van der Waals surface area contributed by atoms with Crippen molar-refractivity contribution in [2.75, 3.05) is 11.5 Å². The molecule has 0 saturated heterocycles. The Balaban J connectivity index is 2.04. The van der Waals surface area contributed by atoms with E-state index in [4.69, 9.17) is 5.73 Å². The Kier molecular flexibility index (Phi) is 4.04. The molecule has 3 nitrogen and oxygen atoms in total. The second-order valence-electron chi connectivity index (χ2n) is 3.88. The van der Waals surface area contributed by atoms with E-state index in [0.29, 0.717) is 22.8 Å². The lowest BCUT2D eigenvalue weighted by molar-refractivity contribution is 0.623. The van der Waals surface area contributed by atoms with Gasteiger partial charge >= 0.3 is 0 Å². The number of nitrogens with zero attached hydrogens (tertiary/aromatic N) is 1. The number of aryl methyl sites for hydroxylation is 1. The molecule has 0 fully saturated rings. The van der Waals surface area contributed by atoms with Gasteiger partial charge in [0.05, 0.1) is 10.8 Å². The normalized spacial score (nSPS) is 12.3. The van der Waals surface area contributed by atoms with Crippen LogP contribution in [-0.2, 0) is 17.2 Å². The molecule has 1 aromatic carbocycles. The van der Waals surface area contributed by atoms with E-state index < -0.39 is 16.6 Å². The average molecular weight is 264 g/mol. The molecule has 0 aliphatic rings. The zero-order valence-corrected chi connectivity index (χ0v) is 10.5. The van der Waals surface area contributed by atoms with Crippen LogP contribution in [0.4, 0.5) is 10.1 Å². The number of rotatable bonds is 4. The van der Waals surface area contributed by atoms with Gasteiger partial charge in [0.2, 0.25) is 0 Å². The van der Waals surface area contributed by atoms with Crippen molar-refractivity contribution in [3.8, 4) is 0 Å². The Labute approximate surface area is 107 Å². The monoisotopic (exact) mass is 264 g/mol. The number of benzene rings is 1. The second-order valence-corrected chi connectivity index (χ2v) is 5.45. The summed E-state index contributed by atoms with van der Waals surface area (Å²) in [5.41, 5.74) is 6.82. The molecule has 18 heavy (non-hydrogen) atoms. The van der Waals surface area contributed by atoms with Crippen molar-refractivity contribution in [2.45, 2.75) is 11.3 Å². The Morgan fingerprint density at radius 1 is 1.33 bits per heavy atom. The van der Waals surface area contributed by atoms with Crippen LogP contribution < -0.4 is 5.73 Å². The molecule has 0 saturated carbocycles. The molecule has 5 heteroatoms. The molecule has 1 atom stereocenters. The molecule has 0 spiro atoms. The summed E-state index contributed by atoms with van der Waals surface area (Å²) >= 11 is 0. The quantitative estimate of drug-likeness (QED) is 0.861. The van der Waals surface area contributed by atoms with E-state index in [-0.39, 0.29) is 0 Å². The van der Waals surface area contributed by atoms with Crippen molar-refractivity contribution in [3.63, 3.8) is 0 Å². The Hall–Kier alpha value is -1.75. The molecular weight excluding hydrogens is 251 g/mol. The van der Waals surface area contributed by atoms with E-state index in [1.54, 1.807) is 18.5 Å². The van der Waals surface area contributed by atoms with E-state index in [2.05, 4.69) is 4.98 Å². The largest absolute Gasteiger partial charge is 0.399 e. The molecule has 0 amide bonds. The number of hydrogen-bond donors (Lipinski definition) is 1. The van der Waals surface area contributed by atoms with Gasteiger partial charge in [0.15, 0.2) is 0 Å². The van der Waals surface area contributed by atoms with Gasteiger partial charge in [-0.25, -0.2) is 4.39 Å². The number of nitrogens with two attached hydrogens (primary N) is 1. The van der Waals surface area contributed by atoms with E-state index in [1.165, 1.54) is 12.1 Å². The molecular formula is C13H13FN2OS. The summed E-state index contributed by atoms with van der Waals surface area (Å²) in [7, 11) is -1.25. The number of pyridine rings is 1. The minimum Gasteiger partial charge on any atom is -0.399 e. The highest BCUT2D eigenvalue weighted by Gasteiger charge is 2.07. The molecule has 2 N–H and O–H groups in total. The van der Waals surface area contributed by atoms with E-state index in [1.807, 2.05) is 12.1 Å². The van der Waals surface area contributed by atoms with Crippen LogP contribution in [-0.4, -0.2) is 14.9 Å². The van der Waals surface area contributed by atoms with Crippen molar-refractivity contribution in [2.24, 2.45) is 0 Å². The van der Waals surface area contributed by atoms with Gasteiger partial charge in [-0.1, -0.05) is 6.07 Å². The summed E-state index contributed by atoms with van der Waals surface area (Å²) < 4.78 is 25.1. The van der Waals surface area contributed by atoms with Gasteiger partial charge in [0.25, 0.3) is 0 Å². The maximum atomic E-state index is 13.1. The highest BCUT2D eigenvalue weighted by Crippen LogP contribution is 2.15. The topological polar surface area (TPSA) is 56.0 Å². The smallest absolute Gasteiger partial charge is 0.126 e. The average Bonchev–Trinajstić information content (AvgIpc) is 2.36. The fourth-order valence-electron chi connectivity index (χ4n) is 1.59.